The lowest BCUT2D eigenvalue weighted by atomic mass is 10.1. The van der Waals surface area contributed by atoms with Crippen LogP contribution in [-0.4, -0.2) is 29.2 Å². The largest absolute Gasteiger partial charge is 0.396 e. The number of nitrogens with one attached hydrogen (secondary N) is 1. The second-order valence-corrected chi connectivity index (χ2v) is 7.33. The molecule has 0 saturated carbocycles. The third-order valence-electron chi connectivity index (χ3n) is 3.86. The van der Waals surface area contributed by atoms with Crippen molar-refractivity contribution in [1.82, 2.24) is 4.90 Å². The molecule has 3 rings (SSSR count). The Morgan fingerprint density at radius 2 is 1.69 bits per heavy atom. The van der Waals surface area contributed by atoms with E-state index in [2.05, 4.69) is 21.2 Å². The number of rotatable bonds is 4. The van der Waals surface area contributed by atoms with E-state index in [1.807, 2.05) is 0 Å². The molecule has 0 aromatic heterocycles. The average Bonchev–Trinajstić information content (AvgIpc) is 2.81. The van der Waals surface area contributed by atoms with Crippen molar-refractivity contribution >= 4 is 68.2 Å². The van der Waals surface area contributed by atoms with E-state index in [1.54, 1.807) is 18.2 Å². The third-order valence-corrected chi connectivity index (χ3v) is 4.98. The molecule has 2 aromatic carbocycles. The Hall–Kier alpha value is -2.09. The molecule has 0 unspecified atom stereocenters. The van der Waals surface area contributed by atoms with Crippen LogP contribution in [-0.2, 0) is 4.79 Å². The number of carbonyl (C=O) groups excluding carboxylic acids is 3. The molecule has 0 fully saturated rings. The number of benzene rings is 2. The van der Waals surface area contributed by atoms with Gasteiger partial charge in [0.15, 0.2) is 0 Å². The molecule has 6 nitrogen and oxygen atoms in total. The van der Waals surface area contributed by atoms with E-state index in [-0.39, 0.29) is 34.6 Å². The Bertz CT molecular complexity index is 926. The highest BCUT2D eigenvalue weighted by Crippen LogP contribution is 2.31. The van der Waals surface area contributed by atoms with Crippen LogP contribution in [0, 0.1) is 0 Å². The van der Waals surface area contributed by atoms with Crippen molar-refractivity contribution < 1.29 is 14.4 Å². The Morgan fingerprint density at radius 1 is 1.08 bits per heavy atom. The lowest BCUT2D eigenvalue weighted by Crippen LogP contribution is -2.32. The van der Waals surface area contributed by atoms with Crippen LogP contribution in [0.1, 0.15) is 27.1 Å². The van der Waals surface area contributed by atoms with Crippen molar-refractivity contribution in [3.05, 3.63) is 56.0 Å². The maximum atomic E-state index is 12.4. The minimum absolute atomic E-state index is 0.0355. The first-order valence-corrected chi connectivity index (χ1v) is 9.03. The van der Waals surface area contributed by atoms with Gasteiger partial charge >= 0.3 is 0 Å². The van der Waals surface area contributed by atoms with Gasteiger partial charge in [-0.05, 0) is 30.3 Å². The van der Waals surface area contributed by atoms with E-state index in [9.17, 15) is 14.4 Å². The first-order valence-electron chi connectivity index (χ1n) is 7.48. The van der Waals surface area contributed by atoms with Gasteiger partial charge in [-0.2, -0.15) is 0 Å². The van der Waals surface area contributed by atoms with Crippen LogP contribution in [0.2, 0.25) is 10.0 Å². The van der Waals surface area contributed by atoms with Gasteiger partial charge in [-0.1, -0.05) is 39.1 Å². The molecule has 2 aromatic rings. The fourth-order valence-corrected chi connectivity index (χ4v) is 3.41. The Morgan fingerprint density at radius 3 is 2.35 bits per heavy atom. The minimum atomic E-state index is -0.419. The highest BCUT2D eigenvalue weighted by Gasteiger charge is 2.35. The molecule has 1 aliphatic rings. The van der Waals surface area contributed by atoms with Gasteiger partial charge in [0.05, 0.1) is 26.9 Å². The summed E-state index contributed by atoms with van der Waals surface area (Å²) < 4.78 is 0.703. The van der Waals surface area contributed by atoms with Crippen LogP contribution >= 0.6 is 39.1 Å². The summed E-state index contributed by atoms with van der Waals surface area (Å²) in [5.41, 5.74) is 6.90. The van der Waals surface area contributed by atoms with Gasteiger partial charge in [-0.15, -0.1) is 0 Å². The number of imide groups is 1. The van der Waals surface area contributed by atoms with Gasteiger partial charge in [0.1, 0.15) is 0 Å². The summed E-state index contributed by atoms with van der Waals surface area (Å²) >= 11 is 15.1. The number of amides is 3. The van der Waals surface area contributed by atoms with Crippen LogP contribution in [0.5, 0.6) is 0 Å². The molecule has 0 aliphatic carbocycles. The fraction of sp³-hybridized carbons (Fsp3) is 0.118. The van der Waals surface area contributed by atoms with Crippen molar-refractivity contribution in [3.63, 3.8) is 0 Å². The monoisotopic (exact) mass is 455 g/mol. The summed E-state index contributed by atoms with van der Waals surface area (Å²) in [6.45, 7) is -0.0355. The number of halogens is 3. The van der Waals surface area contributed by atoms with Gasteiger partial charge in [-0.3, -0.25) is 19.3 Å². The van der Waals surface area contributed by atoms with E-state index in [1.165, 1.54) is 12.1 Å². The van der Waals surface area contributed by atoms with Crippen molar-refractivity contribution in [1.29, 1.82) is 0 Å². The number of nitrogen functional groups attached to an aromatic ring is 1. The quantitative estimate of drug-likeness (QED) is 0.537. The molecule has 0 bridgehead atoms. The topological polar surface area (TPSA) is 92.5 Å². The highest BCUT2D eigenvalue weighted by molar-refractivity contribution is 9.10. The molecule has 0 spiro atoms. The third kappa shape index (κ3) is 3.56. The van der Waals surface area contributed by atoms with Gasteiger partial charge < -0.3 is 11.1 Å². The second-order valence-electron chi connectivity index (χ2n) is 5.60. The molecule has 1 heterocycles. The predicted octanol–water partition coefficient (Wildman–Crippen LogP) is 3.96. The zero-order chi connectivity index (χ0) is 19.0. The first-order chi connectivity index (χ1) is 12.3. The standard InChI is InChI=1S/C17H12BrCl2N3O3/c18-8-1-2-10-11(5-8)17(26)23(16(10)25)4-3-14(24)22-9-6-12(19)15(21)13(20)7-9/h1-2,5-7H,3-4,21H2,(H,22,24). The zero-order valence-electron chi connectivity index (χ0n) is 13.2. The maximum Gasteiger partial charge on any atom is 0.261 e. The molecule has 3 N–H and O–H groups in total. The lowest BCUT2D eigenvalue weighted by Gasteiger charge is -2.14. The molecular weight excluding hydrogens is 445 g/mol. The van der Waals surface area contributed by atoms with E-state index < -0.39 is 11.8 Å². The molecule has 134 valence electrons. The smallest absolute Gasteiger partial charge is 0.261 e. The molecule has 0 radical (unpaired) electrons. The molecular formula is C17H12BrCl2N3O3. The number of carbonyl (C=O) groups is 3. The Balaban J connectivity index is 1.65. The summed E-state index contributed by atoms with van der Waals surface area (Å²) in [4.78, 5) is 37.9. The lowest BCUT2D eigenvalue weighted by molar-refractivity contribution is -0.116. The van der Waals surface area contributed by atoms with Crippen LogP contribution in [0.15, 0.2) is 34.8 Å². The van der Waals surface area contributed by atoms with Gasteiger partial charge in [0.2, 0.25) is 5.91 Å². The number of anilines is 2. The summed E-state index contributed by atoms with van der Waals surface area (Å²) in [6, 6.07) is 7.81. The van der Waals surface area contributed by atoms with Crippen molar-refractivity contribution in [3.8, 4) is 0 Å². The van der Waals surface area contributed by atoms with E-state index >= 15 is 0 Å². The Kier molecular flexibility index (Phi) is 5.22. The fourth-order valence-electron chi connectivity index (χ4n) is 2.56. The number of nitrogens with two attached hydrogens (primary N) is 1. The van der Waals surface area contributed by atoms with Crippen LogP contribution in [0.4, 0.5) is 11.4 Å². The van der Waals surface area contributed by atoms with Crippen molar-refractivity contribution in [2.75, 3.05) is 17.6 Å². The van der Waals surface area contributed by atoms with Gasteiger partial charge in [-0.25, -0.2) is 0 Å². The SMILES string of the molecule is Nc1c(Cl)cc(NC(=O)CCN2C(=O)c3ccc(Br)cc3C2=O)cc1Cl. The van der Waals surface area contributed by atoms with Crippen molar-refractivity contribution in [2.24, 2.45) is 0 Å². The predicted molar refractivity (Wildman–Crippen MR) is 104 cm³/mol. The van der Waals surface area contributed by atoms with Crippen molar-refractivity contribution in [2.45, 2.75) is 6.42 Å². The number of hydrogen-bond acceptors (Lipinski definition) is 4. The highest BCUT2D eigenvalue weighted by atomic mass is 79.9. The summed E-state index contributed by atoms with van der Waals surface area (Å²) in [6.07, 6.45) is -0.0632. The number of fused-ring (bicyclic) bond motifs is 1. The van der Waals surface area contributed by atoms with E-state index in [0.29, 0.717) is 21.3 Å². The van der Waals surface area contributed by atoms with Crippen LogP contribution < -0.4 is 11.1 Å². The van der Waals surface area contributed by atoms with E-state index in [4.69, 9.17) is 28.9 Å². The molecule has 1 aliphatic heterocycles. The van der Waals surface area contributed by atoms with Gasteiger partial charge in [0, 0.05) is 23.1 Å². The summed E-state index contributed by atoms with van der Waals surface area (Å²) in [5, 5.41) is 3.06. The van der Waals surface area contributed by atoms with E-state index in [0.717, 1.165) is 4.90 Å². The van der Waals surface area contributed by atoms with Gasteiger partial charge in [0.25, 0.3) is 11.8 Å². The Labute approximate surface area is 167 Å². The molecule has 3 amide bonds. The van der Waals surface area contributed by atoms with Crippen LogP contribution in [0.25, 0.3) is 0 Å². The summed E-state index contributed by atoms with van der Waals surface area (Å²) in [7, 11) is 0. The minimum Gasteiger partial charge on any atom is -0.396 e. The molecule has 0 saturated heterocycles. The number of hydrogen-bond donors (Lipinski definition) is 2. The first kappa shape index (κ1) is 18.7. The maximum absolute atomic E-state index is 12.4. The molecule has 9 heteroatoms. The number of nitrogens with zero attached hydrogens (tertiary/aromatic N) is 1. The molecule has 0 atom stereocenters. The molecule has 26 heavy (non-hydrogen) atoms. The second kappa shape index (κ2) is 7.26. The zero-order valence-corrected chi connectivity index (χ0v) is 16.3. The average molecular weight is 457 g/mol. The normalized spacial score (nSPS) is 13.1. The summed E-state index contributed by atoms with van der Waals surface area (Å²) in [5.74, 6) is -1.22. The van der Waals surface area contributed by atoms with Crippen LogP contribution in [0.3, 0.4) is 0 Å².